The number of likely N-dealkylation sites (tertiary alicyclic amines) is 1. The molecule has 0 atom stereocenters. The first kappa shape index (κ1) is 17.9. The second kappa shape index (κ2) is 8.45. The van der Waals surface area contributed by atoms with Gasteiger partial charge in [-0.15, -0.1) is 0 Å². The van der Waals surface area contributed by atoms with Crippen molar-refractivity contribution in [3.63, 3.8) is 0 Å². The molecule has 2 aliphatic heterocycles. The van der Waals surface area contributed by atoms with Gasteiger partial charge >= 0.3 is 0 Å². The first-order chi connectivity index (χ1) is 13.3. The van der Waals surface area contributed by atoms with E-state index in [4.69, 9.17) is 4.74 Å². The number of ether oxygens (including phenoxy) is 1. The van der Waals surface area contributed by atoms with Gasteiger partial charge in [-0.1, -0.05) is 12.1 Å². The number of rotatable bonds is 5. The molecule has 0 saturated carbocycles. The van der Waals surface area contributed by atoms with Crippen molar-refractivity contribution in [3.8, 4) is 0 Å². The Morgan fingerprint density at radius 2 is 1.81 bits per heavy atom. The van der Waals surface area contributed by atoms with Crippen LogP contribution in [-0.4, -0.2) is 60.2 Å². The van der Waals surface area contributed by atoms with Crippen molar-refractivity contribution in [3.05, 3.63) is 47.8 Å². The number of hydrogen-bond acceptors (Lipinski definition) is 6. The number of benzene rings is 1. The maximum Gasteiger partial charge on any atom is 0.258 e. The highest BCUT2D eigenvalue weighted by molar-refractivity contribution is 6.03. The van der Waals surface area contributed by atoms with E-state index in [-0.39, 0.29) is 5.91 Å². The standard InChI is InChI=1S/C20H25N5O2/c26-19(17-13-21-20(22-14-17)25-8-10-27-11-9-25)23-18-5-3-4-16(12-18)15-24-6-1-2-7-24/h3-5,12-14H,1-2,6-11,15H2,(H,23,26). The van der Waals surface area contributed by atoms with Gasteiger partial charge in [0.1, 0.15) is 0 Å². The Morgan fingerprint density at radius 1 is 1.07 bits per heavy atom. The quantitative estimate of drug-likeness (QED) is 0.873. The number of carbonyl (C=O) groups excluding carboxylic acids is 1. The van der Waals surface area contributed by atoms with Crippen LogP contribution in [0.15, 0.2) is 36.7 Å². The predicted molar refractivity (Wildman–Crippen MR) is 104 cm³/mol. The number of morpholine rings is 1. The highest BCUT2D eigenvalue weighted by Crippen LogP contribution is 2.17. The van der Waals surface area contributed by atoms with Crippen LogP contribution in [0.2, 0.25) is 0 Å². The predicted octanol–water partition coefficient (Wildman–Crippen LogP) is 2.16. The number of amides is 1. The maximum atomic E-state index is 12.5. The monoisotopic (exact) mass is 367 g/mol. The fraction of sp³-hybridized carbons (Fsp3) is 0.450. The zero-order valence-corrected chi connectivity index (χ0v) is 15.4. The molecule has 2 aromatic rings. The number of nitrogens with one attached hydrogen (secondary N) is 1. The molecule has 2 fully saturated rings. The van der Waals surface area contributed by atoms with Gasteiger partial charge in [0, 0.05) is 37.7 Å². The van der Waals surface area contributed by atoms with E-state index in [2.05, 4.69) is 31.2 Å². The molecular formula is C20H25N5O2. The van der Waals surface area contributed by atoms with E-state index < -0.39 is 0 Å². The van der Waals surface area contributed by atoms with Crippen molar-refractivity contribution in [1.29, 1.82) is 0 Å². The summed E-state index contributed by atoms with van der Waals surface area (Å²) in [4.78, 5) is 25.7. The lowest BCUT2D eigenvalue weighted by Crippen LogP contribution is -2.37. The molecular weight excluding hydrogens is 342 g/mol. The molecule has 0 aliphatic carbocycles. The van der Waals surface area contributed by atoms with Crippen LogP contribution in [0.4, 0.5) is 11.6 Å². The first-order valence-electron chi connectivity index (χ1n) is 9.55. The Morgan fingerprint density at radius 3 is 2.56 bits per heavy atom. The second-order valence-electron chi connectivity index (χ2n) is 7.01. The van der Waals surface area contributed by atoms with Gasteiger partial charge in [0.2, 0.25) is 5.95 Å². The molecule has 0 unspecified atom stereocenters. The highest BCUT2D eigenvalue weighted by Gasteiger charge is 2.15. The lowest BCUT2D eigenvalue weighted by Gasteiger charge is -2.26. The van der Waals surface area contributed by atoms with E-state index in [9.17, 15) is 4.79 Å². The van der Waals surface area contributed by atoms with Crippen molar-refractivity contribution in [2.75, 3.05) is 49.6 Å². The minimum atomic E-state index is -0.193. The molecule has 3 heterocycles. The number of anilines is 2. The first-order valence-corrected chi connectivity index (χ1v) is 9.55. The summed E-state index contributed by atoms with van der Waals surface area (Å²) in [7, 11) is 0. The Kier molecular flexibility index (Phi) is 5.60. The highest BCUT2D eigenvalue weighted by atomic mass is 16.5. The van der Waals surface area contributed by atoms with Gasteiger partial charge in [0.25, 0.3) is 5.91 Å². The molecule has 1 amide bonds. The smallest absolute Gasteiger partial charge is 0.258 e. The Bertz CT molecular complexity index is 768. The van der Waals surface area contributed by atoms with Gasteiger partial charge in [0.05, 0.1) is 18.8 Å². The van der Waals surface area contributed by atoms with Crippen molar-refractivity contribution < 1.29 is 9.53 Å². The normalized spacial score (nSPS) is 17.9. The van der Waals surface area contributed by atoms with Gasteiger partial charge < -0.3 is 15.0 Å². The van der Waals surface area contributed by atoms with Gasteiger partial charge in [-0.2, -0.15) is 0 Å². The van der Waals surface area contributed by atoms with Crippen LogP contribution in [0.1, 0.15) is 28.8 Å². The number of carbonyl (C=O) groups is 1. The fourth-order valence-corrected chi connectivity index (χ4v) is 3.51. The summed E-state index contributed by atoms with van der Waals surface area (Å²) in [5, 5.41) is 2.95. The van der Waals surface area contributed by atoms with Crippen LogP contribution in [0.25, 0.3) is 0 Å². The molecule has 1 aromatic heterocycles. The fourth-order valence-electron chi connectivity index (χ4n) is 3.51. The third-order valence-electron chi connectivity index (χ3n) is 4.98. The average Bonchev–Trinajstić information content (AvgIpc) is 3.22. The number of hydrogen-bond donors (Lipinski definition) is 1. The van der Waals surface area contributed by atoms with Crippen molar-refractivity contribution in [1.82, 2.24) is 14.9 Å². The van der Waals surface area contributed by atoms with E-state index >= 15 is 0 Å². The largest absolute Gasteiger partial charge is 0.378 e. The summed E-state index contributed by atoms with van der Waals surface area (Å²) in [6.07, 6.45) is 5.72. The lowest BCUT2D eigenvalue weighted by atomic mass is 10.2. The van der Waals surface area contributed by atoms with E-state index in [0.29, 0.717) is 24.7 Å². The molecule has 7 nitrogen and oxygen atoms in total. The van der Waals surface area contributed by atoms with E-state index in [0.717, 1.165) is 38.4 Å². The molecule has 7 heteroatoms. The lowest BCUT2D eigenvalue weighted by molar-refractivity contribution is 0.102. The van der Waals surface area contributed by atoms with Gasteiger partial charge in [0.15, 0.2) is 0 Å². The topological polar surface area (TPSA) is 70.6 Å². The summed E-state index contributed by atoms with van der Waals surface area (Å²) in [5.74, 6) is 0.448. The van der Waals surface area contributed by atoms with Crippen molar-refractivity contribution in [2.45, 2.75) is 19.4 Å². The van der Waals surface area contributed by atoms with Crippen molar-refractivity contribution in [2.24, 2.45) is 0 Å². The van der Waals surface area contributed by atoms with Gasteiger partial charge in [-0.05, 0) is 43.6 Å². The minimum Gasteiger partial charge on any atom is -0.378 e. The van der Waals surface area contributed by atoms with Crippen LogP contribution in [0.5, 0.6) is 0 Å². The third kappa shape index (κ3) is 4.61. The Labute approximate surface area is 159 Å². The van der Waals surface area contributed by atoms with Crippen LogP contribution in [0, 0.1) is 0 Å². The molecule has 1 aromatic carbocycles. The number of nitrogens with zero attached hydrogens (tertiary/aromatic N) is 4. The zero-order valence-electron chi connectivity index (χ0n) is 15.4. The molecule has 27 heavy (non-hydrogen) atoms. The van der Waals surface area contributed by atoms with Crippen molar-refractivity contribution >= 4 is 17.5 Å². The summed E-state index contributed by atoms with van der Waals surface area (Å²) < 4.78 is 5.34. The van der Waals surface area contributed by atoms with Gasteiger partial charge in [-0.25, -0.2) is 9.97 Å². The molecule has 2 saturated heterocycles. The van der Waals surface area contributed by atoms with Crippen LogP contribution >= 0.6 is 0 Å². The average molecular weight is 367 g/mol. The van der Waals surface area contributed by atoms with Crippen LogP contribution in [0.3, 0.4) is 0 Å². The van der Waals surface area contributed by atoms with Gasteiger partial charge in [-0.3, -0.25) is 9.69 Å². The third-order valence-corrected chi connectivity index (χ3v) is 4.98. The number of aromatic nitrogens is 2. The summed E-state index contributed by atoms with van der Waals surface area (Å²) >= 11 is 0. The zero-order chi connectivity index (χ0) is 18.5. The summed E-state index contributed by atoms with van der Waals surface area (Å²) in [6, 6.07) is 8.04. The molecule has 142 valence electrons. The minimum absolute atomic E-state index is 0.193. The molecule has 1 N–H and O–H groups in total. The maximum absolute atomic E-state index is 12.5. The Hall–Kier alpha value is -2.51. The molecule has 2 aliphatic rings. The summed E-state index contributed by atoms with van der Waals surface area (Å²) in [6.45, 7) is 6.15. The van der Waals surface area contributed by atoms with E-state index in [1.165, 1.54) is 18.4 Å². The van der Waals surface area contributed by atoms with Crippen LogP contribution in [-0.2, 0) is 11.3 Å². The molecule has 4 rings (SSSR count). The molecule has 0 bridgehead atoms. The van der Waals surface area contributed by atoms with Crippen LogP contribution < -0.4 is 10.2 Å². The summed E-state index contributed by atoms with van der Waals surface area (Å²) in [5.41, 5.74) is 2.47. The van der Waals surface area contributed by atoms with E-state index in [1.807, 2.05) is 18.2 Å². The molecule has 0 spiro atoms. The second-order valence-corrected chi connectivity index (χ2v) is 7.01. The molecule has 0 radical (unpaired) electrons. The van der Waals surface area contributed by atoms with E-state index in [1.54, 1.807) is 12.4 Å². The Balaban J connectivity index is 1.38. The SMILES string of the molecule is O=C(Nc1cccc(CN2CCCC2)c1)c1cnc(N2CCOCC2)nc1.